The van der Waals surface area contributed by atoms with E-state index in [0.29, 0.717) is 0 Å². The van der Waals surface area contributed by atoms with Crippen LogP contribution in [-0.2, 0) is 5.75 Å². The summed E-state index contributed by atoms with van der Waals surface area (Å²) in [5, 5.41) is 0.794. The Labute approximate surface area is 119 Å². The van der Waals surface area contributed by atoms with Crippen molar-refractivity contribution < 1.29 is 0 Å². The average molecular weight is 361 g/mol. The molecular weight excluding hydrogens is 351 g/mol. The van der Waals surface area contributed by atoms with Crippen LogP contribution in [0.5, 0.6) is 0 Å². The third-order valence-electron chi connectivity index (χ3n) is 2.13. The molecule has 0 aromatic heterocycles. The molecule has 0 saturated carbocycles. The van der Waals surface area contributed by atoms with Crippen LogP contribution in [0.25, 0.3) is 0 Å². The van der Waals surface area contributed by atoms with E-state index in [2.05, 4.69) is 59.0 Å². The van der Waals surface area contributed by atoms with Crippen LogP contribution < -0.4 is 0 Å². The van der Waals surface area contributed by atoms with Gasteiger partial charge in [-0.25, -0.2) is 0 Å². The van der Waals surface area contributed by atoms with Crippen molar-refractivity contribution in [2.24, 2.45) is 0 Å². The van der Waals surface area contributed by atoms with Crippen molar-refractivity contribution in [2.45, 2.75) is 10.6 Å². The van der Waals surface area contributed by atoms with Crippen LogP contribution in [0.1, 0.15) is 5.56 Å². The van der Waals surface area contributed by atoms with E-state index in [1.807, 2.05) is 23.9 Å². The van der Waals surface area contributed by atoms with Crippen LogP contribution in [-0.4, -0.2) is 0 Å². The van der Waals surface area contributed by atoms with Gasteiger partial charge in [-0.15, -0.1) is 11.8 Å². The number of rotatable bonds is 3. The molecule has 0 fully saturated rings. The highest BCUT2D eigenvalue weighted by Gasteiger charge is 1.96. The maximum Gasteiger partial charge on any atom is 0.0406 e. The topological polar surface area (TPSA) is 0 Å². The molecule has 82 valence electrons. The van der Waals surface area contributed by atoms with Crippen LogP contribution in [0.15, 0.2) is 53.4 Å². The van der Waals surface area contributed by atoms with E-state index in [1.165, 1.54) is 14.0 Å². The Bertz CT molecular complexity index is 405. The molecule has 0 aliphatic rings. The first-order valence-electron chi connectivity index (χ1n) is 4.87. The van der Waals surface area contributed by atoms with Gasteiger partial charge in [0, 0.05) is 19.2 Å². The molecule has 2 aromatic rings. The molecule has 0 saturated heterocycles. The van der Waals surface area contributed by atoms with E-state index in [9.17, 15) is 0 Å². The Morgan fingerprint density at radius 3 is 2.19 bits per heavy atom. The molecule has 0 heterocycles. The highest BCUT2D eigenvalue weighted by molar-refractivity contribution is 14.1. The van der Waals surface area contributed by atoms with E-state index in [-0.39, 0.29) is 0 Å². The van der Waals surface area contributed by atoms with Crippen molar-refractivity contribution in [2.75, 3.05) is 0 Å². The summed E-state index contributed by atoms with van der Waals surface area (Å²) >= 11 is 10.00. The lowest BCUT2D eigenvalue weighted by atomic mass is 10.2. The number of halogens is 2. The van der Waals surface area contributed by atoms with E-state index in [1.54, 1.807) is 0 Å². The van der Waals surface area contributed by atoms with Crippen molar-refractivity contribution in [3.8, 4) is 0 Å². The number of thioether (sulfide) groups is 1. The van der Waals surface area contributed by atoms with Crippen LogP contribution in [0, 0.1) is 3.57 Å². The molecule has 0 atom stereocenters. The van der Waals surface area contributed by atoms with Gasteiger partial charge >= 0.3 is 0 Å². The molecule has 0 nitrogen and oxygen atoms in total. The molecule has 2 aromatic carbocycles. The van der Waals surface area contributed by atoms with Gasteiger partial charge in [0.1, 0.15) is 0 Å². The first kappa shape index (κ1) is 12.3. The summed E-state index contributed by atoms with van der Waals surface area (Å²) < 4.78 is 1.27. The van der Waals surface area contributed by atoms with Gasteiger partial charge < -0.3 is 0 Å². The standard InChI is InChI=1S/C13H10ClIS/c14-11-3-1-10(2-4-11)9-16-13-7-5-12(15)6-8-13/h1-8H,9H2. The minimum absolute atomic E-state index is 0.794. The zero-order valence-electron chi connectivity index (χ0n) is 8.49. The highest BCUT2D eigenvalue weighted by Crippen LogP contribution is 2.24. The summed E-state index contributed by atoms with van der Waals surface area (Å²) in [6.45, 7) is 0. The summed E-state index contributed by atoms with van der Waals surface area (Å²) in [4.78, 5) is 1.30. The molecule has 3 heteroatoms. The lowest BCUT2D eigenvalue weighted by Crippen LogP contribution is -1.80. The van der Waals surface area contributed by atoms with E-state index < -0.39 is 0 Å². The molecule has 0 spiro atoms. The van der Waals surface area contributed by atoms with Crippen molar-refractivity contribution >= 4 is 46.0 Å². The summed E-state index contributed by atoms with van der Waals surface area (Å²) in [5.74, 6) is 0.984. The predicted molar refractivity (Wildman–Crippen MR) is 80.2 cm³/mol. The van der Waals surface area contributed by atoms with Gasteiger partial charge in [0.2, 0.25) is 0 Å². The molecule has 2 rings (SSSR count). The molecule has 16 heavy (non-hydrogen) atoms. The van der Waals surface area contributed by atoms with E-state index in [4.69, 9.17) is 11.6 Å². The Morgan fingerprint density at radius 1 is 0.938 bits per heavy atom. The van der Waals surface area contributed by atoms with Gasteiger partial charge in [-0.2, -0.15) is 0 Å². The maximum atomic E-state index is 5.84. The van der Waals surface area contributed by atoms with Gasteiger partial charge in [0.25, 0.3) is 0 Å². The fraction of sp³-hybridized carbons (Fsp3) is 0.0769. The molecule has 0 radical (unpaired) electrons. The van der Waals surface area contributed by atoms with Crippen LogP contribution in [0.4, 0.5) is 0 Å². The fourth-order valence-electron chi connectivity index (χ4n) is 1.28. The molecule has 0 bridgehead atoms. The number of hydrogen-bond donors (Lipinski definition) is 0. The second kappa shape index (κ2) is 5.94. The maximum absolute atomic E-state index is 5.84. The number of benzene rings is 2. The molecule has 0 aliphatic carbocycles. The van der Waals surface area contributed by atoms with Gasteiger partial charge in [-0.05, 0) is 64.6 Å². The first-order chi connectivity index (χ1) is 7.74. The highest BCUT2D eigenvalue weighted by atomic mass is 127. The zero-order chi connectivity index (χ0) is 11.4. The summed E-state index contributed by atoms with van der Waals surface area (Å²) in [5.41, 5.74) is 1.30. The Morgan fingerprint density at radius 2 is 1.56 bits per heavy atom. The smallest absolute Gasteiger partial charge is 0.0406 e. The quantitative estimate of drug-likeness (QED) is 0.533. The minimum Gasteiger partial charge on any atom is -0.121 e. The lowest BCUT2D eigenvalue weighted by Gasteiger charge is -2.02. The fourth-order valence-corrected chi connectivity index (χ4v) is 2.62. The van der Waals surface area contributed by atoms with Crippen LogP contribution in [0.2, 0.25) is 5.02 Å². The van der Waals surface area contributed by atoms with Gasteiger partial charge in [0.05, 0.1) is 0 Å². The summed E-state index contributed by atoms with van der Waals surface area (Å²) in [6.07, 6.45) is 0. The third kappa shape index (κ3) is 3.68. The van der Waals surface area contributed by atoms with Crippen molar-refractivity contribution in [1.29, 1.82) is 0 Å². The lowest BCUT2D eigenvalue weighted by molar-refractivity contribution is 1.37. The molecular formula is C13H10ClIS. The van der Waals surface area contributed by atoms with E-state index >= 15 is 0 Å². The van der Waals surface area contributed by atoms with Gasteiger partial charge in [-0.3, -0.25) is 0 Å². The van der Waals surface area contributed by atoms with Crippen molar-refractivity contribution in [1.82, 2.24) is 0 Å². The van der Waals surface area contributed by atoms with Crippen molar-refractivity contribution in [3.63, 3.8) is 0 Å². The zero-order valence-corrected chi connectivity index (χ0v) is 12.2. The SMILES string of the molecule is Clc1ccc(CSc2ccc(I)cc2)cc1. The van der Waals surface area contributed by atoms with E-state index in [0.717, 1.165) is 10.8 Å². The van der Waals surface area contributed by atoms with Crippen LogP contribution >= 0.6 is 46.0 Å². The Kier molecular flexibility index (Phi) is 4.55. The second-order valence-corrected chi connectivity index (χ2v) is 6.10. The first-order valence-corrected chi connectivity index (χ1v) is 7.31. The molecule has 0 aliphatic heterocycles. The van der Waals surface area contributed by atoms with Gasteiger partial charge in [0.15, 0.2) is 0 Å². The summed E-state index contributed by atoms with van der Waals surface area (Å²) in [7, 11) is 0. The summed E-state index contributed by atoms with van der Waals surface area (Å²) in [6, 6.07) is 16.6. The molecule has 0 unspecified atom stereocenters. The minimum atomic E-state index is 0.794. The number of hydrogen-bond acceptors (Lipinski definition) is 1. The largest absolute Gasteiger partial charge is 0.121 e. The predicted octanol–water partition coefficient (Wildman–Crippen LogP) is 5.24. The second-order valence-electron chi connectivity index (χ2n) is 3.37. The monoisotopic (exact) mass is 360 g/mol. The molecule has 0 N–H and O–H groups in total. The molecule has 0 amide bonds. The normalized spacial score (nSPS) is 10.4. The third-order valence-corrected chi connectivity index (χ3v) is 4.19. The van der Waals surface area contributed by atoms with Crippen molar-refractivity contribution in [3.05, 3.63) is 62.7 Å². The Balaban J connectivity index is 1.97. The Hall–Kier alpha value is -0.190. The average Bonchev–Trinajstić information content (AvgIpc) is 2.30. The van der Waals surface area contributed by atoms with Gasteiger partial charge in [-0.1, -0.05) is 23.7 Å². The van der Waals surface area contributed by atoms with Crippen LogP contribution in [0.3, 0.4) is 0 Å².